The van der Waals surface area contributed by atoms with E-state index in [-0.39, 0.29) is 17.9 Å². The molecule has 0 fully saturated rings. The van der Waals surface area contributed by atoms with E-state index in [1.54, 1.807) is 24.4 Å². The highest BCUT2D eigenvalue weighted by Gasteiger charge is 2.13. The molecule has 5 heteroatoms. The second kappa shape index (κ2) is 7.05. The molecule has 2 rings (SSSR count). The van der Waals surface area contributed by atoms with Crippen LogP contribution in [0.4, 0.5) is 4.39 Å². The number of hydrogen-bond donors (Lipinski definition) is 1. The zero-order valence-electron chi connectivity index (χ0n) is 11.8. The molecule has 1 N–H and O–H groups in total. The highest BCUT2D eigenvalue weighted by molar-refractivity contribution is 5.23. The Labute approximate surface area is 118 Å². The lowest BCUT2D eigenvalue weighted by molar-refractivity contribution is 0.278. The molecule has 0 amide bonds. The van der Waals surface area contributed by atoms with E-state index >= 15 is 0 Å². The van der Waals surface area contributed by atoms with Crippen molar-refractivity contribution in [3.05, 3.63) is 48.5 Å². The van der Waals surface area contributed by atoms with Crippen molar-refractivity contribution in [2.45, 2.75) is 25.9 Å². The molecule has 1 heterocycles. The van der Waals surface area contributed by atoms with Gasteiger partial charge in [0.25, 0.3) is 0 Å². The Morgan fingerprint density at radius 3 is 2.80 bits per heavy atom. The fourth-order valence-corrected chi connectivity index (χ4v) is 1.93. The summed E-state index contributed by atoms with van der Waals surface area (Å²) in [6.07, 6.45) is 3.71. The Hall–Kier alpha value is -1.88. The lowest BCUT2D eigenvalue weighted by Crippen LogP contribution is -2.36. The van der Waals surface area contributed by atoms with Gasteiger partial charge in [0.15, 0.2) is 11.6 Å². The van der Waals surface area contributed by atoms with Gasteiger partial charge in [0.2, 0.25) is 0 Å². The second-order valence-corrected chi connectivity index (χ2v) is 4.75. The average molecular weight is 277 g/mol. The van der Waals surface area contributed by atoms with Crippen LogP contribution in [0.2, 0.25) is 0 Å². The molecule has 1 aromatic heterocycles. The fourth-order valence-electron chi connectivity index (χ4n) is 1.93. The van der Waals surface area contributed by atoms with Crippen LogP contribution in [0.15, 0.2) is 42.7 Å². The summed E-state index contributed by atoms with van der Waals surface area (Å²) in [5, 5.41) is 7.57. The topological polar surface area (TPSA) is 39.1 Å². The van der Waals surface area contributed by atoms with Crippen LogP contribution in [0, 0.1) is 5.82 Å². The van der Waals surface area contributed by atoms with Crippen LogP contribution in [-0.2, 0) is 0 Å². The van der Waals surface area contributed by atoms with E-state index in [1.807, 2.05) is 16.9 Å². The number of hydrogen-bond acceptors (Lipinski definition) is 3. The van der Waals surface area contributed by atoms with Gasteiger partial charge in [0.05, 0.1) is 6.04 Å². The van der Waals surface area contributed by atoms with Gasteiger partial charge in [-0.05, 0) is 32.0 Å². The number of nitrogens with one attached hydrogen (secondary N) is 1. The minimum absolute atomic E-state index is 0.249. The van der Waals surface area contributed by atoms with Gasteiger partial charge in [0.1, 0.15) is 6.61 Å². The van der Waals surface area contributed by atoms with Gasteiger partial charge >= 0.3 is 0 Å². The first-order valence-corrected chi connectivity index (χ1v) is 6.78. The predicted octanol–water partition coefficient (Wildman–Crippen LogP) is 2.64. The van der Waals surface area contributed by atoms with Crippen molar-refractivity contribution in [1.29, 1.82) is 0 Å². The molecule has 0 radical (unpaired) electrons. The summed E-state index contributed by atoms with van der Waals surface area (Å²) in [6.45, 7) is 5.27. The third-order valence-corrected chi connectivity index (χ3v) is 3.33. The average Bonchev–Trinajstić information content (AvgIpc) is 2.98. The fraction of sp³-hybridized carbons (Fsp3) is 0.400. The van der Waals surface area contributed by atoms with Crippen molar-refractivity contribution in [2.24, 2.45) is 0 Å². The molecule has 0 aliphatic carbocycles. The van der Waals surface area contributed by atoms with Gasteiger partial charge in [0, 0.05) is 25.0 Å². The third kappa shape index (κ3) is 3.81. The Morgan fingerprint density at radius 1 is 1.30 bits per heavy atom. The Balaban J connectivity index is 1.72. The van der Waals surface area contributed by atoms with Crippen LogP contribution >= 0.6 is 0 Å². The summed E-state index contributed by atoms with van der Waals surface area (Å²) >= 11 is 0. The van der Waals surface area contributed by atoms with Gasteiger partial charge in [-0.15, -0.1) is 0 Å². The van der Waals surface area contributed by atoms with E-state index in [1.165, 1.54) is 6.07 Å². The maximum absolute atomic E-state index is 13.3. The van der Waals surface area contributed by atoms with Crippen molar-refractivity contribution < 1.29 is 9.13 Å². The number of aromatic nitrogens is 2. The SMILES string of the molecule is C[C@H]([C@@H](C)NCCOc1ccccc1F)n1cccn1. The number of para-hydroxylation sites is 1. The molecule has 0 saturated carbocycles. The number of benzene rings is 1. The molecule has 0 spiro atoms. The molecule has 0 bridgehead atoms. The maximum atomic E-state index is 13.3. The lowest BCUT2D eigenvalue weighted by Gasteiger charge is -2.21. The van der Waals surface area contributed by atoms with E-state index < -0.39 is 0 Å². The number of halogens is 1. The molecule has 1 aromatic carbocycles. The van der Waals surface area contributed by atoms with E-state index in [0.717, 1.165) is 0 Å². The molecule has 2 atom stereocenters. The maximum Gasteiger partial charge on any atom is 0.165 e. The summed E-state index contributed by atoms with van der Waals surface area (Å²) in [5.41, 5.74) is 0. The zero-order chi connectivity index (χ0) is 14.4. The summed E-state index contributed by atoms with van der Waals surface area (Å²) < 4.78 is 20.6. The quantitative estimate of drug-likeness (QED) is 0.791. The van der Waals surface area contributed by atoms with Gasteiger partial charge in [-0.2, -0.15) is 5.10 Å². The van der Waals surface area contributed by atoms with Crippen LogP contribution in [0.25, 0.3) is 0 Å². The van der Waals surface area contributed by atoms with Crippen LogP contribution < -0.4 is 10.1 Å². The van der Waals surface area contributed by atoms with E-state index in [9.17, 15) is 4.39 Å². The Morgan fingerprint density at radius 2 is 2.10 bits per heavy atom. The molecule has 0 aliphatic heterocycles. The van der Waals surface area contributed by atoms with Crippen LogP contribution in [0.5, 0.6) is 5.75 Å². The molecule has 2 aromatic rings. The molecule has 108 valence electrons. The van der Waals surface area contributed by atoms with Crippen molar-refractivity contribution in [1.82, 2.24) is 15.1 Å². The summed E-state index contributed by atoms with van der Waals surface area (Å²) in [7, 11) is 0. The molecule has 0 unspecified atom stereocenters. The highest BCUT2D eigenvalue weighted by atomic mass is 19.1. The Kier molecular flexibility index (Phi) is 5.12. The second-order valence-electron chi connectivity index (χ2n) is 4.75. The summed E-state index contributed by atoms with van der Waals surface area (Å²) in [4.78, 5) is 0. The minimum Gasteiger partial charge on any atom is -0.489 e. The summed E-state index contributed by atoms with van der Waals surface area (Å²) in [6, 6.07) is 8.83. The molecular formula is C15H20FN3O. The first-order chi connectivity index (χ1) is 9.68. The Bertz CT molecular complexity index is 516. The van der Waals surface area contributed by atoms with Gasteiger partial charge in [-0.3, -0.25) is 4.68 Å². The number of rotatable bonds is 7. The van der Waals surface area contributed by atoms with Gasteiger partial charge < -0.3 is 10.1 Å². The standard InChI is InChI=1S/C15H20FN3O/c1-12(13(2)19-10-5-8-18-19)17-9-11-20-15-7-4-3-6-14(15)16/h3-8,10,12-13,17H,9,11H2,1-2H3/t12-,13-/m1/s1. The molecule has 20 heavy (non-hydrogen) atoms. The highest BCUT2D eigenvalue weighted by Crippen LogP contribution is 2.15. The smallest absolute Gasteiger partial charge is 0.165 e. The monoisotopic (exact) mass is 277 g/mol. The third-order valence-electron chi connectivity index (χ3n) is 3.33. The van der Waals surface area contributed by atoms with Crippen LogP contribution in [0.3, 0.4) is 0 Å². The van der Waals surface area contributed by atoms with Gasteiger partial charge in [-0.1, -0.05) is 12.1 Å². The lowest BCUT2D eigenvalue weighted by atomic mass is 10.2. The zero-order valence-corrected chi connectivity index (χ0v) is 11.8. The first kappa shape index (κ1) is 14.5. The normalized spacial score (nSPS) is 13.9. The van der Waals surface area contributed by atoms with Crippen LogP contribution in [-0.4, -0.2) is 29.0 Å². The number of nitrogens with zero attached hydrogens (tertiary/aromatic N) is 2. The largest absolute Gasteiger partial charge is 0.489 e. The van der Waals surface area contributed by atoms with Crippen molar-refractivity contribution in [2.75, 3.05) is 13.2 Å². The van der Waals surface area contributed by atoms with E-state index in [0.29, 0.717) is 18.9 Å². The molecule has 4 nitrogen and oxygen atoms in total. The predicted molar refractivity (Wildman–Crippen MR) is 76.3 cm³/mol. The first-order valence-electron chi connectivity index (χ1n) is 6.78. The van der Waals surface area contributed by atoms with E-state index in [4.69, 9.17) is 4.74 Å². The molecular weight excluding hydrogens is 257 g/mol. The number of ether oxygens (including phenoxy) is 1. The van der Waals surface area contributed by atoms with Gasteiger partial charge in [-0.25, -0.2) is 4.39 Å². The van der Waals surface area contributed by atoms with Crippen molar-refractivity contribution in [3.8, 4) is 5.75 Å². The minimum atomic E-state index is -0.328. The van der Waals surface area contributed by atoms with E-state index in [2.05, 4.69) is 24.3 Å². The molecule has 0 aliphatic rings. The summed E-state index contributed by atoms with van der Waals surface area (Å²) in [5.74, 6) is -0.0347. The van der Waals surface area contributed by atoms with Crippen LogP contribution in [0.1, 0.15) is 19.9 Å². The van der Waals surface area contributed by atoms with Crippen molar-refractivity contribution >= 4 is 0 Å². The van der Waals surface area contributed by atoms with Crippen molar-refractivity contribution in [3.63, 3.8) is 0 Å². The molecule has 0 saturated heterocycles.